The predicted molar refractivity (Wildman–Crippen MR) is 77.3 cm³/mol. The molecule has 0 radical (unpaired) electrons. The van der Waals surface area contributed by atoms with Crippen LogP contribution < -0.4 is 5.32 Å². The summed E-state index contributed by atoms with van der Waals surface area (Å²) in [7, 11) is 0. The molecule has 1 unspecified atom stereocenters. The van der Waals surface area contributed by atoms with Crippen molar-refractivity contribution >= 4 is 24.8 Å². The molecule has 4 heteroatoms. The number of hydrogen-bond acceptors (Lipinski definition) is 2. The number of nitrogens with one attached hydrogen (secondary N) is 1. The first-order valence-corrected chi connectivity index (χ1v) is 6.77. The maximum atomic E-state index is 3.54. The molecule has 0 aromatic heterocycles. The first-order chi connectivity index (χ1) is 7.33. The van der Waals surface area contributed by atoms with Crippen molar-refractivity contribution in [2.24, 2.45) is 17.8 Å². The van der Waals surface area contributed by atoms with E-state index in [1.807, 2.05) is 0 Å². The van der Waals surface area contributed by atoms with E-state index in [-0.39, 0.29) is 24.8 Å². The molecule has 2 heterocycles. The van der Waals surface area contributed by atoms with Crippen LogP contribution in [0.4, 0.5) is 0 Å². The summed E-state index contributed by atoms with van der Waals surface area (Å²) in [6.45, 7) is 7.75. The van der Waals surface area contributed by atoms with Crippen LogP contribution in [-0.2, 0) is 0 Å². The molecule has 0 amide bonds. The Morgan fingerprint density at radius 3 is 2.00 bits per heavy atom. The number of fused-ring (bicyclic) bond motifs is 1. The molecule has 3 fully saturated rings. The number of rotatable bonds is 1. The van der Waals surface area contributed by atoms with Crippen molar-refractivity contribution in [1.82, 2.24) is 10.2 Å². The maximum Gasteiger partial charge on any atom is 0.0102 e. The lowest BCUT2D eigenvalue weighted by atomic mass is 9.97. The average Bonchev–Trinajstić information content (AvgIpc) is 2.78. The van der Waals surface area contributed by atoms with Gasteiger partial charge in [0.2, 0.25) is 0 Å². The molecule has 3 rings (SSSR count). The Morgan fingerprint density at radius 1 is 0.941 bits per heavy atom. The second-order valence-electron chi connectivity index (χ2n) is 6.02. The standard InChI is InChI=1S/C13H24N2.2ClH/c1-10-2-4-15(5-3-10)13-6-11-8-14-9-12(11)7-13;;/h10-14H,2-9H2,1H3;2*1H/t11-,12+,13?;;. The van der Waals surface area contributed by atoms with Crippen LogP contribution >= 0.6 is 24.8 Å². The van der Waals surface area contributed by atoms with Gasteiger partial charge in [0.15, 0.2) is 0 Å². The lowest BCUT2D eigenvalue weighted by Crippen LogP contribution is -2.40. The molecule has 1 N–H and O–H groups in total. The lowest BCUT2D eigenvalue weighted by Gasteiger charge is -2.35. The molecule has 1 saturated carbocycles. The highest BCUT2D eigenvalue weighted by molar-refractivity contribution is 5.85. The Bertz CT molecular complexity index is 217. The van der Waals surface area contributed by atoms with Gasteiger partial charge in [0.1, 0.15) is 0 Å². The highest BCUT2D eigenvalue weighted by Gasteiger charge is 2.39. The van der Waals surface area contributed by atoms with Gasteiger partial charge in [-0.15, -0.1) is 24.8 Å². The van der Waals surface area contributed by atoms with Crippen LogP contribution in [0.3, 0.4) is 0 Å². The van der Waals surface area contributed by atoms with Gasteiger partial charge in [-0.05, 0) is 69.6 Å². The summed E-state index contributed by atoms with van der Waals surface area (Å²) in [6, 6.07) is 0.939. The molecule has 3 aliphatic rings. The Hall–Kier alpha value is 0.500. The molecule has 0 spiro atoms. The minimum atomic E-state index is 0. The van der Waals surface area contributed by atoms with Crippen LogP contribution in [0.5, 0.6) is 0 Å². The van der Waals surface area contributed by atoms with Crippen molar-refractivity contribution in [1.29, 1.82) is 0 Å². The van der Waals surface area contributed by atoms with Crippen molar-refractivity contribution in [2.75, 3.05) is 26.2 Å². The van der Waals surface area contributed by atoms with E-state index in [0.29, 0.717) is 0 Å². The lowest BCUT2D eigenvalue weighted by molar-refractivity contribution is 0.135. The molecule has 1 aliphatic carbocycles. The normalized spacial score (nSPS) is 38.3. The third-order valence-electron chi connectivity index (χ3n) is 4.96. The molecule has 17 heavy (non-hydrogen) atoms. The minimum absolute atomic E-state index is 0. The van der Waals surface area contributed by atoms with Crippen LogP contribution in [0.1, 0.15) is 32.6 Å². The second kappa shape index (κ2) is 6.60. The fourth-order valence-corrected chi connectivity index (χ4v) is 3.83. The fraction of sp³-hybridized carbons (Fsp3) is 1.00. The molecule has 2 nitrogen and oxygen atoms in total. The van der Waals surface area contributed by atoms with Gasteiger partial charge in [0.05, 0.1) is 0 Å². The van der Waals surface area contributed by atoms with Gasteiger partial charge in [-0.25, -0.2) is 0 Å². The number of nitrogens with zero attached hydrogens (tertiary/aromatic N) is 1. The monoisotopic (exact) mass is 280 g/mol. The summed E-state index contributed by atoms with van der Waals surface area (Å²) >= 11 is 0. The van der Waals surface area contributed by atoms with Crippen LogP contribution in [0.15, 0.2) is 0 Å². The summed E-state index contributed by atoms with van der Waals surface area (Å²) in [5, 5.41) is 3.54. The topological polar surface area (TPSA) is 15.3 Å². The summed E-state index contributed by atoms with van der Waals surface area (Å²) < 4.78 is 0. The molecule has 0 bridgehead atoms. The van der Waals surface area contributed by atoms with E-state index in [1.54, 1.807) is 0 Å². The van der Waals surface area contributed by atoms with Gasteiger partial charge in [-0.2, -0.15) is 0 Å². The molecule has 102 valence electrons. The Balaban J connectivity index is 0.000000722. The summed E-state index contributed by atoms with van der Waals surface area (Å²) in [5.41, 5.74) is 0. The zero-order valence-corrected chi connectivity index (χ0v) is 12.4. The first kappa shape index (κ1) is 15.6. The van der Waals surface area contributed by atoms with Gasteiger partial charge in [-0.1, -0.05) is 6.92 Å². The summed E-state index contributed by atoms with van der Waals surface area (Å²) in [5.74, 6) is 2.99. The highest BCUT2D eigenvalue weighted by atomic mass is 35.5. The fourth-order valence-electron chi connectivity index (χ4n) is 3.83. The minimum Gasteiger partial charge on any atom is -0.316 e. The van der Waals surface area contributed by atoms with Gasteiger partial charge in [-0.3, -0.25) is 0 Å². The average molecular weight is 281 g/mol. The van der Waals surface area contributed by atoms with Crippen LogP contribution in [0, 0.1) is 17.8 Å². The van der Waals surface area contributed by atoms with E-state index < -0.39 is 0 Å². The molecular formula is C13H26Cl2N2. The quantitative estimate of drug-likeness (QED) is 0.794. The number of piperidine rings is 1. The smallest absolute Gasteiger partial charge is 0.0102 e. The molecule has 0 aromatic carbocycles. The van der Waals surface area contributed by atoms with Gasteiger partial charge >= 0.3 is 0 Å². The largest absolute Gasteiger partial charge is 0.316 e. The highest BCUT2D eigenvalue weighted by Crippen LogP contribution is 2.38. The third kappa shape index (κ3) is 3.28. The SMILES string of the molecule is CC1CCN(C2C[C@H]3CNC[C@H]3C2)CC1.Cl.Cl. The van der Waals surface area contributed by atoms with Crippen molar-refractivity contribution in [2.45, 2.75) is 38.6 Å². The number of hydrogen-bond donors (Lipinski definition) is 1. The predicted octanol–water partition coefficient (Wildman–Crippen LogP) is 2.56. The van der Waals surface area contributed by atoms with E-state index in [4.69, 9.17) is 0 Å². The van der Waals surface area contributed by atoms with Gasteiger partial charge < -0.3 is 10.2 Å². The van der Waals surface area contributed by atoms with E-state index in [0.717, 1.165) is 23.8 Å². The zero-order valence-electron chi connectivity index (χ0n) is 10.7. The molecule has 2 saturated heterocycles. The van der Waals surface area contributed by atoms with E-state index in [2.05, 4.69) is 17.1 Å². The molecular weight excluding hydrogens is 255 g/mol. The van der Waals surface area contributed by atoms with Crippen molar-refractivity contribution in [3.63, 3.8) is 0 Å². The van der Waals surface area contributed by atoms with Gasteiger partial charge in [0.25, 0.3) is 0 Å². The Labute approximate surface area is 118 Å². The second-order valence-corrected chi connectivity index (χ2v) is 6.02. The molecule has 0 aromatic rings. The zero-order chi connectivity index (χ0) is 10.3. The Morgan fingerprint density at radius 2 is 1.47 bits per heavy atom. The number of likely N-dealkylation sites (tertiary alicyclic amines) is 1. The number of halogens is 2. The van der Waals surface area contributed by atoms with Crippen molar-refractivity contribution in [3.05, 3.63) is 0 Å². The van der Waals surface area contributed by atoms with Crippen molar-refractivity contribution < 1.29 is 0 Å². The Kier molecular flexibility index (Phi) is 6.04. The van der Waals surface area contributed by atoms with Crippen LogP contribution in [0.25, 0.3) is 0 Å². The molecule has 3 atom stereocenters. The van der Waals surface area contributed by atoms with Crippen molar-refractivity contribution in [3.8, 4) is 0 Å². The maximum absolute atomic E-state index is 3.54. The van der Waals surface area contributed by atoms with Crippen LogP contribution in [0.2, 0.25) is 0 Å². The summed E-state index contributed by atoms with van der Waals surface area (Å²) in [4.78, 5) is 2.79. The van der Waals surface area contributed by atoms with E-state index >= 15 is 0 Å². The summed E-state index contributed by atoms with van der Waals surface area (Å²) in [6.07, 6.45) is 5.83. The van der Waals surface area contributed by atoms with Crippen LogP contribution in [-0.4, -0.2) is 37.1 Å². The van der Waals surface area contributed by atoms with E-state index in [9.17, 15) is 0 Å². The molecule has 2 aliphatic heterocycles. The first-order valence-electron chi connectivity index (χ1n) is 6.77. The third-order valence-corrected chi connectivity index (χ3v) is 4.96. The van der Waals surface area contributed by atoms with Gasteiger partial charge in [0, 0.05) is 6.04 Å². The van der Waals surface area contributed by atoms with E-state index in [1.165, 1.54) is 51.9 Å².